The molecule has 1 heterocycles. The fourth-order valence-electron chi connectivity index (χ4n) is 2.18. The third kappa shape index (κ3) is 2.30. The molecule has 2 rings (SSSR count). The molecule has 0 atom stereocenters. The average Bonchev–Trinajstić information content (AvgIpc) is 2.29. The minimum Gasteiger partial charge on any atom is -0.497 e. The minimum atomic E-state index is -0.253. The summed E-state index contributed by atoms with van der Waals surface area (Å²) in [7, 11) is 1.51. The largest absolute Gasteiger partial charge is 0.497 e. The molecule has 88 valence electrons. The van der Waals surface area contributed by atoms with Crippen LogP contribution >= 0.6 is 11.6 Å². The Kier molecular flexibility index (Phi) is 3.66. The van der Waals surface area contributed by atoms with Crippen molar-refractivity contribution in [1.82, 2.24) is 5.32 Å². The van der Waals surface area contributed by atoms with E-state index >= 15 is 0 Å². The molecule has 0 bridgehead atoms. The minimum absolute atomic E-state index is 0.222. The molecule has 0 unspecified atom stereocenters. The van der Waals surface area contributed by atoms with Crippen LogP contribution in [0.2, 0.25) is 5.02 Å². The Morgan fingerprint density at radius 1 is 1.38 bits per heavy atom. The molecule has 1 aromatic carbocycles. The van der Waals surface area contributed by atoms with Gasteiger partial charge in [-0.2, -0.15) is 0 Å². The van der Waals surface area contributed by atoms with E-state index in [1.807, 2.05) is 0 Å². The number of hydrogen-bond acceptors (Lipinski definition) is 2. The van der Waals surface area contributed by atoms with Gasteiger partial charge in [-0.1, -0.05) is 11.6 Å². The molecule has 0 spiro atoms. The summed E-state index contributed by atoms with van der Waals surface area (Å²) in [6.45, 7) is 1.85. The van der Waals surface area contributed by atoms with E-state index in [0.717, 1.165) is 25.9 Å². The van der Waals surface area contributed by atoms with Gasteiger partial charge in [0.05, 0.1) is 12.1 Å². The first-order valence-electron chi connectivity index (χ1n) is 5.46. The van der Waals surface area contributed by atoms with Crippen LogP contribution in [0.1, 0.15) is 24.3 Å². The molecule has 1 N–H and O–H groups in total. The maximum Gasteiger partial charge on any atom is 0.131 e. The molecular formula is C12H15ClFNO. The Hall–Kier alpha value is -0.800. The number of benzene rings is 1. The summed E-state index contributed by atoms with van der Waals surface area (Å²) in [4.78, 5) is 0. The number of piperidine rings is 1. The van der Waals surface area contributed by atoms with Crippen molar-refractivity contribution in [3.8, 4) is 5.75 Å². The van der Waals surface area contributed by atoms with Gasteiger partial charge in [0.2, 0.25) is 0 Å². The Balaban J connectivity index is 2.32. The Morgan fingerprint density at radius 3 is 2.62 bits per heavy atom. The molecule has 1 fully saturated rings. The summed E-state index contributed by atoms with van der Waals surface area (Å²) < 4.78 is 18.9. The van der Waals surface area contributed by atoms with Crippen LogP contribution in [0.25, 0.3) is 0 Å². The van der Waals surface area contributed by atoms with Crippen molar-refractivity contribution in [3.63, 3.8) is 0 Å². The topological polar surface area (TPSA) is 21.3 Å². The van der Waals surface area contributed by atoms with E-state index in [1.54, 1.807) is 6.07 Å². The van der Waals surface area contributed by atoms with Crippen LogP contribution in [-0.4, -0.2) is 20.2 Å². The summed E-state index contributed by atoms with van der Waals surface area (Å²) >= 11 is 6.11. The van der Waals surface area contributed by atoms with E-state index in [2.05, 4.69) is 5.32 Å². The lowest BCUT2D eigenvalue weighted by atomic mass is 9.90. The second kappa shape index (κ2) is 5.02. The van der Waals surface area contributed by atoms with Crippen molar-refractivity contribution in [2.24, 2.45) is 0 Å². The highest BCUT2D eigenvalue weighted by atomic mass is 35.5. The fourth-order valence-corrected chi connectivity index (χ4v) is 2.53. The first-order valence-corrected chi connectivity index (χ1v) is 5.84. The van der Waals surface area contributed by atoms with Crippen LogP contribution in [-0.2, 0) is 0 Å². The van der Waals surface area contributed by atoms with Gasteiger partial charge in [0.1, 0.15) is 11.6 Å². The van der Waals surface area contributed by atoms with Gasteiger partial charge in [0.25, 0.3) is 0 Å². The summed E-state index contributed by atoms with van der Waals surface area (Å²) in [5.41, 5.74) is 0.643. The van der Waals surface area contributed by atoms with Gasteiger partial charge in [-0.15, -0.1) is 0 Å². The van der Waals surface area contributed by atoms with Crippen LogP contribution in [0.5, 0.6) is 5.75 Å². The molecule has 1 aliphatic rings. The number of nitrogens with one attached hydrogen (secondary N) is 1. The first kappa shape index (κ1) is 11.7. The van der Waals surface area contributed by atoms with E-state index in [0.29, 0.717) is 16.3 Å². The Morgan fingerprint density at radius 2 is 2.06 bits per heavy atom. The van der Waals surface area contributed by atoms with Crippen molar-refractivity contribution in [2.75, 3.05) is 20.2 Å². The highest BCUT2D eigenvalue weighted by Crippen LogP contribution is 2.35. The van der Waals surface area contributed by atoms with Crippen LogP contribution in [0.4, 0.5) is 4.39 Å². The van der Waals surface area contributed by atoms with Gasteiger partial charge < -0.3 is 10.1 Å². The third-order valence-electron chi connectivity index (χ3n) is 3.04. The normalized spacial score (nSPS) is 17.4. The summed E-state index contributed by atoms with van der Waals surface area (Å²) in [5.74, 6) is 0.441. The van der Waals surface area contributed by atoms with Crippen LogP contribution in [0.15, 0.2) is 12.1 Å². The standard InChI is InChI=1S/C12H15ClFNO/c1-16-9-6-10(13)12(11(14)7-9)8-2-4-15-5-3-8/h6-8,15H,2-5H2,1H3. The van der Waals surface area contributed by atoms with Gasteiger partial charge >= 0.3 is 0 Å². The van der Waals surface area contributed by atoms with E-state index < -0.39 is 0 Å². The SMILES string of the molecule is COc1cc(F)c(C2CCNCC2)c(Cl)c1. The second-order valence-corrected chi connectivity index (χ2v) is 4.44. The lowest BCUT2D eigenvalue weighted by Crippen LogP contribution is -2.27. The van der Waals surface area contributed by atoms with E-state index in [9.17, 15) is 4.39 Å². The fraction of sp³-hybridized carbons (Fsp3) is 0.500. The molecule has 0 radical (unpaired) electrons. The van der Waals surface area contributed by atoms with Crippen molar-refractivity contribution in [2.45, 2.75) is 18.8 Å². The zero-order chi connectivity index (χ0) is 11.5. The second-order valence-electron chi connectivity index (χ2n) is 4.03. The maximum absolute atomic E-state index is 13.9. The van der Waals surface area contributed by atoms with Crippen molar-refractivity contribution in [1.29, 1.82) is 0 Å². The average molecular weight is 244 g/mol. The molecule has 2 nitrogen and oxygen atoms in total. The van der Waals surface area contributed by atoms with Crippen molar-refractivity contribution in [3.05, 3.63) is 28.5 Å². The predicted molar refractivity (Wildman–Crippen MR) is 62.8 cm³/mol. The lowest BCUT2D eigenvalue weighted by molar-refractivity contribution is 0.407. The van der Waals surface area contributed by atoms with Crippen LogP contribution in [0, 0.1) is 5.82 Å². The first-order chi connectivity index (χ1) is 7.72. The van der Waals surface area contributed by atoms with Crippen molar-refractivity contribution < 1.29 is 9.13 Å². The highest BCUT2D eigenvalue weighted by molar-refractivity contribution is 6.31. The summed E-state index contributed by atoms with van der Waals surface area (Å²) in [5, 5.41) is 3.73. The molecule has 0 saturated carbocycles. The molecule has 0 aliphatic carbocycles. The maximum atomic E-state index is 13.9. The molecule has 0 aromatic heterocycles. The Bertz CT molecular complexity index is 354. The zero-order valence-corrected chi connectivity index (χ0v) is 9.98. The van der Waals surface area contributed by atoms with Gasteiger partial charge in [0, 0.05) is 11.6 Å². The Labute approximate surface area is 99.7 Å². The number of rotatable bonds is 2. The lowest BCUT2D eigenvalue weighted by Gasteiger charge is -2.24. The van der Waals surface area contributed by atoms with Crippen molar-refractivity contribution >= 4 is 11.6 Å². The molecule has 16 heavy (non-hydrogen) atoms. The molecule has 0 amide bonds. The highest BCUT2D eigenvalue weighted by Gasteiger charge is 2.22. The zero-order valence-electron chi connectivity index (χ0n) is 9.22. The predicted octanol–water partition coefficient (Wildman–Crippen LogP) is 2.95. The number of ether oxygens (including phenoxy) is 1. The number of halogens is 2. The quantitative estimate of drug-likeness (QED) is 0.862. The molecule has 1 saturated heterocycles. The molecule has 4 heteroatoms. The molecular weight excluding hydrogens is 229 g/mol. The van der Waals surface area contributed by atoms with Gasteiger partial charge in [-0.05, 0) is 37.9 Å². The molecule has 1 aliphatic heterocycles. The number of hydrogen-bond donors (Lipinski definition) is 1. The summed E-state index contributed by atoms with van der Waals surface area (Å²) in [6.07, 6.45) is 1.87. The van der Waals surface area contributed by atoms with Gasteiger partial charge in [0.15, 0.2) is 0 Å². The van der Waals surface area contributed by atoms with Gasteiger partial charge in [-0.25, -0.2) is 4.39 Å². The molecule has 1 aromatic rings. The number of methoxy groups -OCH3 is 1. The van der Waals surface area contributed by atoms with E-state index in [1.165, 1.54) is 13.2 Å². The van der Waals surface area contributed by atoms with Gasteiger partial charge in [-0.3, -0.25) is 0 Å². The monoisotopic (exact) mass is 243 g/mol. The van der Waals surface area contributed by atoms with E-state index in [-0.39, 0.29) is 11.7 Å². The smallest absolute Gasteiger partial charge is 0.131 e. The van der Waals surface area contributed by atoms with E-state index in [4.69, 9.17) is 16.3 Å². The summed E-state index contributed by atoms with van der Waals surface area (Å²) in [6, 6.07) is 3.09. The van der Waals surface area contributed by atoms with Crippen LogP contribution in [0.3, 0.4) is 0 Å². The van der Waals surface area contributed by atoms with Crippen LogP contribution < -0.4 is 10.1 Å². The third-order valence-corrected chi connectivity index (χ3v) is 3.35.